The number of aromatic nitrogens is 2. The topological polar surface area (TPSA) is 61.1 Å². The van der Waals surface area contributed by atoms with E-state index in [1.807, 2.05) is 29.6 Å². The normalized spacial score (nSPS) is 10.7. The lowest BCUT2D eigenvalue weighted by Crippen LogP contribution is -2.05. The van der Waals surface area contributed by atoms with Crippen LogP contribution in [0.15, 0.2) is 71.7 Å². The average Bonchev–Trinajstić information content (AvgIpc) is 3.03. The van der Waals surface area contributed by atoms with E-state index in [1.54, 1.807) is 18.3 Å². The second kappa shape index (κ2) is 5.81. The highest BCUT2D eigenvalue weighted by molar-refractivity contribution is 5.86. The second-order valence-corrected chi connectivity index (χ2v) is 6.01. The summed E-state index contributed by atoms with van der Waals surface area (Å²) < 4.78 is 1.82. The first-order chi connectivity index (χ1) is 12.2. The number of nitrogens with one attached hydrogen (secondary N) is 1. The van der Waals surface area contributed by atoms with Gasteiger partial charge in [-0.25, -0.2) is 0 Å². The third kappa shape index (κ3) is 2.52. The van der Waals surface area contributed by atoms with Crippen LogP contribution in [-0.4, -0.2) is 9.61 Å². The fourth-order valence-corrected chi connectivity index (χ4v) is 3.04. The largest absolute Gasteiger partial charge is 0.301 e. The highest BCUT2D eigenvalue weighted by Gasteiger charge is 2.16. The summed E-state index contributed by atoms with van der Waals surface area (Å²) in [7, 11) is 0. The first kappa shape index (κ1) is 15.0. The minimum absolute atomic E-state index is 0.0352. The number of hydrogen-bond donors (Lipinski definition) is 1. The van der Waals surface area contributed by atoms with Gasteiger partial charge in [-0.3, -0.25) is 9.31 Å². The van der Waals surface area contributed by atoms with Crippen LogP contribution in [0.4, 0.5) is 0 Å². The van der Waals surface area contributed by atoms with Gasteiger partial charge in [-0.15, -0.1) is 0 Å². The summed E-state index contributed by atoms with van der Waals surface area (Å²) in [4.78, 5) is 12.3. The Morgan fingerprint density at radius 3 is 2.32 bits per heavy atom. The molecule has 0 spiro atoms. The zero-order chi connectivity index (χ0) is 17.4. The smallest absolute Gasteiger partial charge is 0.205 e. The van der Waals surface area contributed by atoms with Crippen LogP contribution in [0.2, 0.25) is 0 Å². The maximum Gasteiger partial charge on any atom is 0.205 e. The van der Waals surface area contributed by atoms with Crippen LogP contribution in [0.25, 0.3) is 27.9 Å². The number of aromatic amines is 1. The van der Waals surface area contributed by atoms with Gasteiger partial charge in [-0.1, -0.05) is 42.0 Å². The van der Waals surface area contributed by atoms with Crippen molar-refractivity contribution >= 4 is 5.52 Å². The number of rotatable bonds is 2. The summed E-state index contributed by atoms with van der Waals surface area (Å²) in [6, 6.07) is 21.2. The number of hydrogen-bond acceptors (Lipinski definition) is 2. The Morgan fingerprint density at radius 2 is 1.64 bits per heavy atom. The van der Waals surface area contributed by atoms with E-state index in [0.29, 0.717) is 11.1 Å². The molecule has 0 saturated heterocycles. The van der Waals surface area contributed by atoms with Gasteiger partial charge < -0.3 is 5.10 Å². The molecule has 0 aliphatic rings. The Morgan fingerprint density at radius 1 is 0.960 bits per heavy atom. The fourth-order valence-electron chi connectivity index (χ4n) is 3.04. The predicted octanol–water partition coefficient (Wildman–Crippen LogP) is 4.14. The SMILES string of the molecule is Cc1ccc(-c2c(-c3ccc(C#N)cc3)cc3c(=O)cc[nH]n23)cc1. The van der Waals surface area contributed by atoms with Gasteiger partial charge in [0.15, 0.2) is 0 Å². The molecular formula is C21H15N3O. The maximum absolute atomic E-state index is 12.3. The van der Waals surface area contributed by atoms with Crippen LogP contribution in [-0.2, 0) is 0 Å². The quantitative estimate of drug-likeness (QED) is 0.602. The van der Waals surface area contributed by atoms with Crippen molar-refractivity contribution in [1.29, 1.82) is 5.26 Å². The molecule has 2 heterocycles. The summed E-state index contributed by atoms with van der Waals surface area (Å²) in [6.45, 7) is 2.05. The van der Waals surface area contributed by atoms with E-state index in [0.717, 1.165) is 22.4 Å². The molecular weight excluding hydrogens is 310 g/mol. The van der Waals surface area contributed by atoms with Crippen molar-refractivity contribution in [3.05, 3.63) is 88.2 Å². The van der Waals surface area contributed by atoms with Gasteiger partial charge in [0, 0.05) is 23.4 Å². The molecule has 0 unspecified atom stereocenters. The molecule has 0 bridgehead atoms. The summed E-state index contributed by atoms with van der Waals surface area (Å²) >= 11 is 0. The lowest BCUT2D eigenvalue weighted by Gasteiger charge is -2.08. The van der Waals surface area contributed by atoms with Crippen molar-refractivity contribution in [3.8, 4) is 28.5 Å². The van der Waals surface area contributed by atoms with Crippen molar-refractivity contribution < 1.29 is 0 Å². The monoisotopic (exact) mass is 325 g/mol. The van der Waals surface area contributed by atoms with Crippen molar-refractivity contribution in [1.82, 2.24) is 9.61 Å². The van der Waals surface area contributed by atoms with Crippen molar-refractivity contribution in [3.63, 3.8) is 0 Å². The molecule has 4 aromatic rings. The fraction of sp³-hybridized carbons (Fsp3) is 0.0476. The predicted molar refractivity (Wildman–Crippen MR) is 98.3 cm³/mol. The lowest BCUT2D eigenvalue weighted by atomic mass is 10.00. The molecule has 4 nitrogen and oxygen atoms in total. The van der Waals surface area contributed by atoms with Crippen LogP contribution in [0.5, 0.6) is 0 Å². The Balaban J connectivity index is 2.04. The summed E-state index contributed by atoms with van der Waals surface area (Å²) in [5, 5.41) is 12.2. The van der Waals surface area contributed by atoms with E-state index in [-0.39, 0.29) is 5.43 Å². The molecule has 25 heavy (non-hydrogen) atoms. The molecule has 0 amide bonds. The van der Waals surface area contributed by atoms with Gasteiger partial charge in [-0.2, -0.15) is 5.26 Å². The number of aryl methyl sites for hydroxylation is 1. The van der Waals surface area contributed by atoms with Crippen molar-refractivity contribution in [2.24, 2.45) is 0 Å². The van der Waals surface area contributed by atoms with E-state index in [9.17, 15) is 4.79 Å². The standard InChI is InChI=1S/C21H15N3O/c1-14-2-6-17(7-3-14)21-18(16-8-4-15(13-22)5-9-16)12-19-20(25)10-11-23-24(19)21/h2-12,23H,1H3. The molecule has 2 aromatic carbocycles. The average molecular weight is 325 g/mol. The van der Waals surface area contributed by atoms with Gasteiger partial charge in [-0.05, 0) is 30.7 Å². The number of benzene rings is 2. The molecule has 0 aliphatic heterocycles. The Hall–Kier alpha value is -3.58. The molecule has 0 fully saturated rings. The third-order valence-electron chi connectivity index (χ3n) is 4.34. The zero-order valence-electron chi connectivity index (χ0n) is 13.7. The van der Waals surface area contributed by atoms with Gasteiger partial charge in [0.25, 0.3) is 0 Å². The van der Waals surface area contributed by atoms with Crippen LogP contribution in [0.3, 0.4) is 0 Å². The van der Waals surface area contributed by atoms with Gasteiger partial charge in [0.2, 0.25) is 5.43 Å². The molecule has 4 rings (SSSR count). The van der Waals surface area contributed by atoms with E-state index < -0.39 is 0 Å². The zero-order valence-corrected chi connectivity index (χ0v) is 13.7. The van der Waals surface area contributed by atoms with Crippen molar-refractivity contribution in [2.75, 3.05) is 0 Å². The third-order valence-corrected chi connectivity index (χ3v) is 4.34. The Bertz CT molecular complexity index is 1160. The van der Waals surface area contributed by atoms with Crippen LogP contribution in [0.1, 0.15) is 11.1 Å². The number of nitriles is 1. The van der Waals surface area contributed by atoms with Crippen LogP contribution < -0.4 is 5.43 Å². The minimum atomic E-state index is -0.0352. The first-order valence-corrected chi connectivity index (χ1v) is 7.98. The summed E-state index contributed by atoms with van der Waals surface area (Å²) in [6.07, 6.45) is 1.65. The molecule has 0 saturated carbocycles. The van der Waals surface area contributed by atoms with Gasteiger partial charge in [0.1, 0.15) is 5.52 Å². The summed E-state index contributed by atoms with van der Waals surface area (Å²) in [5.74, 6) is 0. The second-order valence-electron chi connectivity index (χ2n) is 6.01. The Labute approximate surface area is 144 Å². The molecule has 0 aliphatic carbocycles. The lowest BCUT2D eigenvalue weighted by molar-refractivity contribution is 0.942. The van der Waals surface area contributed by atoms with E-state index >= 15 is 0 Å². The highest BCUT2D eigenvalue weighted by Crippen LogP contribution is 2.34. The molecule has 120 valence electrons. The van der Waals surface area contributed by atoms with E-state index in [2.05, 4.69) is 35.4 Å². The number of fused-ring (bicyclic) bond motifs is 1. The maximum atomic E-state index is 12.3. The van der Waals surface area contributed by atoms with Gasteiger partial charge >= 0.3 is 0 Å². The van der Waals surface area contributed by atoms with E-state index in [1.165, 1.54) is 11.6 Å². The minimum Gasteiger partial charge on any atom is -0.301 e. The van der Waals surface area contributed by atoms with Crippen molar-refractivity contribution in [2.45, 2.75) is 6.92 Å². The highest BCUT2D eigenvalue weighted by atomic mass is 16.1. The van der Waals surface area contributed by atoms with E-state index in [4.69, 9.17) is 5.26 Å². The summed E-state index contributed by atoms with van der Waals surface area (Å²) in [5.41, 5.74) is 6.21. The first-order valence-electron chi connectivity index (χ1n) is 7.98. The molecule has 0 atom stereocenters. The molecule has 0 radical (unpaired) electrons. The van der Waals surface area contributed by atoms with Crippen LogP contribution >= 0.6 is 0 Å². The molecule has 2 aromatic heterocycles. The Kier molecular flexibility index (Phi) is 3.48. The van der Waals surface area contributed by atoms with Crippen LogP contribution in [0, 0.1) is 18.3 Å². The molecule has 4 heteroatoms. The number of H-pyrrole nitrogens is 1. The molecule has 1 N–H and O–H groups in total. The van der Waals surface area contributed by atoms with Gasteiger partial charge in [0.05, 0.1) is 17.3 Å². The number of nitrogens with zero attached hydrogens (tertiary/aromatic N) is 2.